The smallest absolute Gasteiger partial charge is 0.203 e. The fraction of sp³-hybridized carbons (Fsp3) is 0.188. The van der Waals surface area contributed by atoms with E-state index in [1.807, 2.05) is 73.8 Å². The van der Waals surface area contributed by atoms with E-state index < -0.39 is 5.41 Å². The van der Waals surface area contributed by atoms with Gasteiger partial charge in [0.05, 0.1) is 5.41 Å². The Hall–Kier alpha value is -1.54. The third kappa shape index (κ3) is 2.21. The van der Waals surface area contributed by atoms with Crippen LogP contribution in [0.5, 0.6) is 0 Å². The van der Waals surface area contributed by atoms with E-state index in [4.69, 9.17) is 0 Å². The number of rotatable bonds is 3. The second kappa shape index (κ2) is 5.40. The maximum Gasteiger partial charge on any atom is 0.203 e. The van der Waals surface area contributed by atoms with Crippen molar-refractivity contribution >= 4 is 16.9 Å². The molecule has 0 saturated carbocycles. The van der Waals surface area contributed by atoms with Gasteiger partial charge in [0.2, 0.25) is 5.12 Å². The highest BCUT2D eigenvalue weighted by Crippen LogP contribution is 2.35. The number of benzene rings is 2. The summed E-state index contributed by atoms with van der Waals surface area (Å²) in [6.07, 6.45) is 1.84. The first-order valence-electron chi connectivity index (χ1n) is 5.89. The lowest BCUT2D eigenvalue weighted by Crippen LogP contribution is -2.31. The predicted octanol–water partition coefficient (Wildman–Crippen LogP) is 3.88. The summed E-state index contributed by atoms with van der Waals surface area (Å²) in [7, 11) is 0. The molecule has 0 spiro atoms. The summed E-state index contributed by atoms with van der Waals surface area (Å²) in [6, 6.07) is 19.9. The SMILES string of the molecule is CSC(=O)C(C)(c1ccccc1)c1ccccc1. The molecule has 0 fully saturated rings. The Kier molecular flexibility index (Phi) is 3.87. The Morgan fingerprint density at radius 2 is 1.28 bits per heavy atom. The van der Waals surface area contributed by atoms with Gasteiger partial charge in [-0.15, -0.1) is 0 Å². The second-order valence-electron chi connectivity index (χ2n) is 4.35. The van der Waals surface area contributed by atoms with Gasteiger partial charge in [-0.1, -0.05) is 72.4 Å². The third-order valence-electron chi connectivity index (χ3n) is 3.30. The Morgan fingerprint density at radius 3 is 1.61 bits per heavy atom. The van der Waals surface area contributed by atoms with Crippen molar-refractivity contribution in [2.45, 2.75) is 12.3 Å². The molecule has 0 atom stereocenters. The first-order valence-corrected chi connectivity index (χ1v) is 7.11. The monoisotopic (exact) mass is 256 g/mol. The fourth-order valence-electron chi connectivity index (χ4n) is 2.15. The van der Waals surface area contributed by atoms with E-state index in [2.05, 4.69) is 0 Å². The summed E-state index contributed by atoms with van der Waals surface area (Å²) < 4.78 is 0. The van der Waals surface area contributed by atoms with Gasteiger partial charge in [0, 0.05) is 0 Å². The minimum absolute atomic E-state index is 0.167. The highest BCUT2D eigenvalue weighted by Gasteiger charge is 2.36. The Morgan fingerprint density at radius 1 is 0.889 bits per heavy atom. The lowest BCUT2D eigenvalue weighted by atomic mass is 9.77. The van der Waals surface area contributed by atoms with Gasteiger partial charge < -0.3 is 0 Å². The van der Waals surface area contributed by atoms with Gasteiger partial charge in [0.15, 0.2) is 0 Å². The van der Waals surface area contributed by atoms with Gasteiger partial charge in [-0.05, 0) is 24.3 Å². The van der Waals surface area contributed by atoms with Gasteiger partial charge in [0.1, 0.15) is 0 Å². The van der Waals surface area contributed by atoms with E-state index in [1.165, 1.54) is 11.8 Å². The van der Waals surface area contributed by atoms with Crippen molar-refractivity contribution in [3.8, 4) is 0 Å². The van der Waals surface area contributed by atoms with Crippen LogP contribution in [0.1, 0.15) is 18.1 Å². The van der Waals surface area contributed by atoms with Crippen molar-refractivity contribution in [2.75, 3.05) is 6.26 Å². The van der Waals surface area contributed by atoms with E-state index in [1.54, 1.807) is 0 Å². The van der Waals surface area contributed by atoms with Gasteiger partial charge in [-0.25, -0.2) is 0 Å². The molecule has 2 rings (SSSR count). The van der Waals surface area contributed by atoms with Gasteiger partial charge >= 0.3 is 0 Å². The molecule has 0 N–H and O–H groups in total. The topological polar surface area (TPSA) is 17.1 Å². The molecule has 0 aliphatic heterocycles. The molecular formula is C16H16OS. The maximum atomic E-state index is 12.4. The van der Waals surface area contributed by atoms with Gasteiger partial charge in [0.25, 0.3) is 0 Å². The number of carbonyl (C=O) groups excluding carboxylic acids is 1. The molecule has 0 radical (unpaired) electrons. The number of hydrogen-bond acceptors (Lipinski definition) is 2. The van der Waals surface area contributed by atoms with Crippen LogP contribution in [0.2, 0.25) is 0 Å². The molecule has 2 aromatic carbocycles. The third-order valence-corrected chi connectivity index (χ3v) is 4.07. The summed E-state index contributed by atoms with van der Waals surface area (Å²) in [5, 5.41) is 0.167. The summed E-state index contributed by atoms with van der Waals surface area (Å²) in [5.74, 6) is 0. The van der Waals surface area contributed by atoms with Crippen molar-refractivity contribution in [1.29, 1.82) is 0 Å². The molecule has 18 heavy (non-hydrogen) atoms. The molecule has 0 aromatic heterocycles. The lowest BCUT2D eigenvalue weighted by Gasteiger charge is -2.28. The largest absolute Gasteiger partial charge is 0.286 e. The summed E-state index contributed by atoms with van der Waals surface area (Å²) >= 11 is 1.28. The minimum Gasteiger partial charge on any atom is -0.286 e. The van der Waals surface area contributed by atoms with Crippen LogP contribution in [0, 0.1) is 0 Å². The average Bonchev–Trinajstić information content (AvgIpc) is 2.47. The van der Waals surface area contributed by atoms with Crippen molar-refractivity contribution in [2.24, 2.45) is 0 Å². The highest BCUT2D eigenvalue weighted by atomic mass is 32.2. The molecule has 92 valence electrons. The number of hydrogen-bond donors (Lipinski definition) is 0. The first-order chi connectivity index (χ1) is 8.69. The van der Waals surface area contributed by atoms with Crippen molar-refractivity contribution in [1.82, 2.24) is 0 Å². The highest BCUT2D eigenvalue weighted by molar-refractivity contribution is 8.13. The molecule has 0 amide bonds. The Balaban J connectivity index is 2.59. The maximum absolute atomic E-state index is 12.4. The zero-order valence-corrected chi connectivity index (χ0v) is 11.4. The molecule has 1 nitrogen and oxygen atoms in total. The second-order valence-corrected chi connectivity index (χ2v) is 5.13. The quantitative estimate of drug-likeness (QED) is 0.829. The van der Waals surface area contributed by atoms with Crippen LogP contribution in [0.15, 0.2) is 60.7 Å². The summed E-state index contributed by atoms with van der Waals surface area (Å²) in [6.45, 7) is 2.00. The first kappa shape index (κ1) is 12.9. The van der Waals surface area contributed by atoms with E-state index in [0.717, 1.165) is 11.1 Å². The van der Waals surface area contributed by atoms with Crippen LogP contribution < -0.4 is 0 Å². The van der Waals surface area contributed by atoms with Crippen LogP contribution in [0.25, 0.3) is 0 Å². The molecule has 0 aliphatic rings. The fourth-order valence-corrected chi connectivity index (χ4v) is 2.79. The van der Waals surface area contributed by atoms with Crippen molar-refractivity contribution in [3.63, 3.8) is 0 Å². The van der Waals surface area contributed by atoms with Crippen LogP contribution in [-0.4, -0.2) is 11.4 Å². The molecule has 0 bridgehead atoms. The van der Waals surface area contributed by atoms with E-state index in [0.29, 0.717) is 0 Å². The minimum atomic E-state index is -0.581. The van der Waals surface area contributed by atoms with E-state index in [9.17, 15) is 4.79 Å². The Labute approximate surface area is 112 Å². The van der Waals surface area contributed by atoms with Gasteiger partial charge in [-0.2, -0.15) is 0 Å². The molecular weight excluding hydrogens is 240 g/mol. The number of thioether (sulfide) groups is 1. The van der Waals surface area contributed by atoms with Crippen molar-refractivity contribution in [3.05, 3.63) is 71.8 Å². The zero-order chi connectivity index (χ0) is 13.0. The molecule has 0 saturated heterocycles. The predicted molar refractivity (Wildman–Crippen MR) is 77.9 cm³/mol. The standard InChI is InChI=1S/C16H16OS/c1-16(15(17)18-2,13-9-5-3-6-10-13)14-11-7-4-8-12-14/h3-12H,1-2H3. The summed E-state index contributed by atoms with van der Waals surface area (Å²) in [5.41, 5.74) is 1.49. The molecule has 2 heteroatoms. The lowest BCUT2D eigenvalue weighted by molar-refractivity contribution is -0.114. The van der Waals surface area contributed by atoms with E-state index >= 15 is 0 Å². The van der Waals surface area contributed by atoms with Gasteiger partial charge in [-0.3, -0.25) is 4.79 Å². The molecule has 0 unspecified atom stereocenters. The average molecular weight is 256 g/mol. The summed E-state index contributed by atoms with van der Waals surface area (Å²) in [4.78, 5) is 12.4. The number of carbonyl (C=O) groups is 1. The molecule has 2 aromatic rings. The van der Waals surface area contributed by atoms with Crippen LogP contribution in [0.4, 0.5) is 0 Å². The van der Waals surface area contributed by atoms with E-state index in [-0.39, 0.29) is 5.12 Å². The van der Waals surface area contributed by atoms with Crippen LogP contribution in [-0.2, 0) is 10.2 Å². The Bertz CT molecular complexity index is 480. The van der Waals surface area contributed by atoms with Crippen LogP contribution in [0.3, 0.4) is 0 Å². The molecule has 0 heterocycles. The zero-order valence-electron chi connectivity index (χ0n) is 10.6. The normalized spacial score (nSPS) is 11.2. The molecule has 0 aliphatic carbocycles. The van der Waals surface area contributed by atoms with Crippen LogP contribution >= 0.6 is 11.8 Å². The van der Waals surface area contributed by atoms with Crippen molar-refractivity contribution < 1.29 is 4.79 Å².